The van der Waals surface area contributed by atoms with Crippen LogP contribution in [0.5, 0.6) is 0 Å². The highest BCUT2D eigenvalue weighted by Gasteiger charge is 2.16. The highest BCUT2D eigenvalue weighted by Crippen LogP contribution is 2.25. The van der Waals surface area contributed by atoms with Gasteiger partial charge in [-0.2, -0.15) is 0 Å². The Labute approximate surface area is 184 Å². The first-order valence-electron chi connectivity index (χ1n) is 10.5. The van der Waals surface area contributed by atoms with E-state index in [1.165, 1.54) is 23.4 Å². The van der Waals surface area contributed by atoms with Gasteiger partial charge in [0.05, 0.1) is 6.04 Å². The largest absolute Gasteiger partial charge is 0.372 e. The van der Waals surface area contributed by atoms with Gasteiger partial charge in [0.25, 0.3) is 0 Å². The van der Waals surface area contributed by atoms with Crippen molar-refractivity contribution in [1.29, 1.82) is 0 Å². The first kappa shape index (κ1) is 22.0. The lowest BCUT2D eigenvalue weighted by atomic mass is 9.98. The standard InChI is InChI=1S/C24H31ClN2OS/c1-18-13-15-27(16-14-18)22-9-5-20(6-10-22)19(2)26-24(28)4-3-17-29-23-11-7-21(25)8-12-23/h5-12,18-19H,3-4,13-17H2,1-2H3,(H,26,28). The molecule has 1 heterocycles. The predicted octanol–water partition coefficient (Wildman–Crippen LogP) is 6.33. The molecule has 1 fully saturated rings. The number of anilines is 1. The highest BCUT2D eigenvalue weighted by atomic mass is 35.5. The molecule has 0 bridgehead atoms. The number of nitrogens with one attached hydrogen (secondary N) is 1. The van der Waals surface area contributed by atoms with Crippen molar-refractivity contribution >= 4 is 35.0 Å². The molecule has 0 spiro atoms. The molecule has 0 radical (unpaired) electrons. The van der Waals surface area contributed by atoms with Gasteiger partial charge in [-0.25, -0.2) is 0 Å². The molecule has 2 aromatic rings. The van der Waals surface area contributed by atoms with Gasteiger partial charge in [0.1, 0.15) is 0 Å². The molecule has 1 N–H and O–H groups in total. The third kappa shape index (κ3) is 6.97. The molecule has 29 heavy (non-hydrogen) atoms. The maximum atomic E-state index is 12.3. The zero-order chi connectivity index (χ0) is 20.6. The van der Waals surface area contributed by atoms with Gasteiger partial charge in [-0.05, 0) is 79.8 Å². The van der Waals surface area contributed by atoms with Crippen LogP contribution in [0.2, 0.25) is 5.02 Å². The fraction of sp³-hybridized carbons (Fsp3) is 0.458. The zero-order valence-corrected chi connectivity index (χ0v) is 18.9. The molecular formula is C24H31ClN2OS. The van der Waals surface area contributed by atoms with E-state index < -0.39 is 0 Å². The van der Waals surface area contributed by atoms with E-state index in [4.69, 9.17) is 11.6 Å². The Bertz CT molecular complexity index is 770. The molecule has 5 heteroatoms. The Hall–Kier alpha value is -1.65. The minimum Gasteiger partial charge on any atom is -0.372 e. The summed E-state index contributed by atoms with van der Waals surface area (Å²) < 4.78 is 0. The van der Waals surface area contributed by atoms with Gasteiger partial charge in [-0.15, -0.1) is 11.8 Å². The second kappa shape index (κ2) is 10.9. The number of hydrogen-bond acceptors (Lipinski definition) is 3. The number of rotatable bonds is 8. The van der Waals surface area contributed by atoms with Gasteiger partial charge in [-0.3, -0.25) is 4.79 Å². The van der Waals surface area contributed by atoms with Gasteiger partial charge in [-0.1, -0.05) is 30.7 Å². The summed E-state index contributed by atoms with van der Waals surface area (Å²) in [5, 5.41) is 3.88. The summed E-state index contributed by atoms with van der Waals surface area (Å²) >= 11 is 7.66. The number of piperidine rings is 1. The van der Waals surface area contributed by atoms with Crippen molar-refractivity contribution in [3.05, 3.63) is 59.1 Å². The molecule has 1 unspecified atom stereocenters. The molecule has 0 aliphatic carbocycles. The van der Waals surface area contributed by atoms with Crippen molar-refractivity contribution in [2.24, 2.45) is 5.92 Å². The summed E-state index contributed by atoms with van der Waals surface area (Å²) in [5.74, 6) is 1.88. The molecule has 3 nitrogen and oxygen atoms in total. The Morgan fingerprint density at radius 2 is 1.79 bits per heavy atom. The summed E-state index contributed by atoms with van der Waals surface area (Å²) in [6.45, 7) is 6.67. The summed E-state index contributed by atoms with van der Waals surface area (Å²) in [6.07, 6.45) is 3.95. The number of thioether (sulfide) groups is 1. The SMILES string of the molecule is CC1CCN(c2ccc(C(C)NC(=O)CCCSc3ccc(Cl)cc3)cc2)CC1. The Balaban J connectivity index is 1.39. The van der Waals surface area contributed by atoms with Gasteiger partial charge < -0.3 is 10.2 Å². The van der Waals surface area contributed by atoms with Crippen LogP contribution < -0.4 is 10.2 Å². The Morgan fingerprint density at radius 1 is 1.14 bits per heavy atom. The minimum absolute atomic E-state index is 0.0295. The van der Waals surface area contributed by atoms with Crippen molar-refractivity contribution in [2.75, 3.05) is 23.7 Å². The van der Waals surface area contributed by atoms with Crippen LogP contribution in [0.15, 0.2) is 53.4 Å². The number of carbonyl (C=O) groups excluding carboxylic acids is 1. The molecule has 0 saturated carbocycles. The minimum atomic E-state index is 0.0295. The Kier molecular flexibility index (Phi) is 8.31. The lowest BCUT2D eigenvalue weighted by Crippen LogP contribution is -2.32. The number of carbonyl (C=O) groups is 1. The zero-order valence-electron chi connectivity index (χ0n) is 17.4. The maximum Gasteiger partial charge on any atom is 0.220 e. The van der Waals surface area contributed by atoms with E-state index >= 15 is 0 Å². The summed E-state index contributed by atoms with van der Waals surface area (Å²) in [6, 6.07) is 16.5. The summed E-state index contributed by atoms with van der Waals surface area (Å²) in [7, 11) is 0. The third-order valence-corrected chi connectivity index (χ3v) is 6.90. The average Bonchev–Trinajstić information content (AvgIpc) is 2.73. The van der Waals surface area contributed by atoms with Crippen LogP contribution in [0.25, 0.3) is 0 Å². The van der Waals surface area contributed by atoms with E-state index in [2.05, 4.69) is 48.3 Å². The normalized spacial score (nSPS) is 15.9. The predicted molar refractivity (Wildman–Crippen MR) is 125 cm³/mol. The van der Waals surface area contributed by atoms with E-state index in [-0.39, 0.29) is 11.9 Å². The number of nitrogens with zero attached hydrogens (tertiary/aromatic N) is 1. The molecule has 1 aliphatic heterocycles. The number of benzene rings is 2. The second-order valence-corrected chi connectivity index (χ2v) is 9.56. The van der Waals surface area contributed by atoms with Gasteiger partial charge in [0.15, 0.2) is 0 Å². The van der Waals surface area contributed by atoms with Gasteiger partial charge >= 0.3 is 0 Å². The van der Waals surface area contributed by atoms with Gasteiger partial charge in [0.2, 0.25) is 5.91 Å². The molecule has 1 aliphatic rings. The van der Waals surface area contributed by atoms with Crippen LogP contribution in [-0.2, 0) is 4.79 Å². The number of amides is 1. The first-order chi connectivity index (χ1) is 14.0. The fourth-order valence-corrected chi connectivity index (χ4v) is 4.57. The summed E-state index contributed by atoms with van der Waals surface area (Å²) in [5.41, 5.74) is 2.45. The third-order valence-electron chi connectivity index (χ3n) is 5.55. The highest BCUT2D eigenvalue weighted by molar-refractivity contribution is 7.99. The summed E-state index contributed by atoms with van der Waals surface area (Å²) in [4.78, 5) is 15.9. The lowest BCUT2D eigenvalue weighted by molar-refractivity contribution is -0.121. The molecule has 156 valence electrons. The second-order valence-electron chi connectivity index (χ2n) is 7.96. The molecule has 1 atom stereocenters. The monoisotopic (exact) mass is 430 g/mol. The van der Waals surface area contributed by atoms with E-state index in [1.807, 2.05) is 24.3 Å². The van der Waals surface area contributed by atoms with Crippen LogP contribution >= 0.6 is 23.4 Å². The molecule has 3 rings (SSSR count). The van der Waals surface area contributed by atoms with Crippen LogP contribution in [0, 0.1) is 5.92 Å². The van der Waals surface area contributed by atoms with Crippen molar-refractivity contribution in [3.63, 3.8) is 0 Å². The molecule has 0 aromatic heterocycles. The number of hydrogen-bond donors (Lipinski definition) is 1. The Morgan fingerprint density at radius 3 is 2.45 bits per heavy atom. The quantitative estimate of drug-likeness (QED) is 0.392. The van der Waals surface area contributed by atoms with Crippen LogP contribution in [0.4, 0.5) is 5.69 Å². The van der Waals surface area contributed by atoms with E-state index in [9.17, 15) is 4.79 Å². The van der Waals surface area contributed by atoms with Gasteiger partial charge in [0, 0.05) is 35.1 Å². The van der Waals surface area contributed by atoms with E-state index in [0.29, 0.717) is 6.42 Å². The first-order valence-corrected chi connectivity index (χ1v) is 11.9. The van der Waals surface area contributed by atoms with E-state index in [1.54, 1.807) is 11.8 Å². The van der Waals surface area contributed by atoms with Crippen molar-refractivity contribution < 1.29 is 4.79 Å². The smallest absolute Gasteiger partial charge is 0.220 e. The van der Waals surface area contributed by atoms with Crippen molar-refractivity contribution in [3.8, 4) is 0 Å². The average molecular weight is 431 g/mol. The fourth-order valence-electron chi connectivity index (χ4n) is 3.59. The molecular weight excluding hydrogens is 400 g/mol. The number of halogens is 1. The van der Waals surface area contributed by atoms with Crippen LogP contribution in [-0.4, -0.2) is 24.7 Å². The maximum absolute atomic E-state index is 12.3. The molecule has 1 amide bonds. The van der Waals surface area contributed by atoms with E-state index in [0.717, 1.165) is 41.8 Å². The topological polar surface area (TPSA) is 32.3 Å². The molecule has 1 saturated heterocycles. The molecule has 2 aromatic carbocycles. The van der Waals surface area contributed by atoms with Crippen molar-refractivity contribution in [1.82, 2.24) is 5.32 Å². The van der Waals surface area contributed by atoms with Crippen LogP contribution in [0.1, 0.15) is 51.1 Å². The van der Waals surface area contributed by atoms with Crippen LogP contribution in [0.3, 0.4) is 0 Å². The lowest BCUT2D eigenvalue weighted by Gasteiger charge is -2.32. The van der Waals surface area contributed by atoms with Crippen molar-refractivity contribution in [2.45, 2.75) is 50.5 Å².